The Kier molecular flexibility index (Phi) is 7.15. The van der Waals surface area contributed by atoms with Gasteiger partial charge in [-0.2, -0.15) is 0 Å². The molecule has 1 aliphatic rings. The fraction of sp³-hybridized carbons (Fsp3) is 0.273. The zero-order valence-corrected chi connectivity index (χ0v) is 16.4. The van der Waals surface area contributed by atoms with E-state index in [9.17, 15) is 19.2 Å². The summed E-state index contributed by atoms with van der Waals surface area (Å²) in [5.74, 6) is -1.85. The number of rotatable bonds is 4. The summed E-state index contributed by atoms with van der Waals surface area (Å²) in [6.45, 7) is 0. The van der Waals surface area contributed by atoms with E-state index >= 15 is 0 Å². The molecule has 30 heavy (non-hydrogen) atoms. The van der Waals surface area contributed by atoms with Crippen LogP contribution in [0.15, 0.2) is 60.7 Å². The Morgan fingerprint density at radius 2 is 0.867 bits per heavy atom. The summed E-state index contributed by atoms with van der Waals surface area (Å²) in [5, 5.41) is 0. The van der Waals surface area contributed by atoms with Crippen LogP contribution in [-0.4, -0.2) is 23.6 Å². The molecule has 1 saturated carbocycles. The Labute approximate surface area is 174 Å². The second-order valence-electron chi connectivity index (χ2n) is 7.17. The summed E-state index contributed by atoms with van der Waals surface area (Å²) < 4.78 is 0. The first kappa shape index (κ1) is 21.0. The maximum absolute atomic E-state index is 12.3. The normalized spacial score (nSPS) is 18.0. The maximum atomic E-state index is 12.3. The standard InChI is InChI=1S/C22H24N4O4/c27-19(15-7-3-1-4-8-15)23-25-21(29)17-11-13-18(14-12-17)22(30)26-24-20(28)16-9-5-2-6-10-16/h1-10,17-18H,11-14H2,(H,23,27)(H,24,28)(H,25,29)(H,26,30). The molecule has 8 nitrogen and oxygen atoms in total. The fourth-order valence-corrected chi connectivity index (χ4v) is 3.38. The van der Waals surface area contributed by atoms with Crippen molar-refractivity contribution >= 4 is 23.6 Å². The van der Waals surface area contributed by atoms with Crippen LogP contribution in [0, 0.1) is 11.8 Å². The number of carbonyl (C=O) groups is 4. The van der Waals surface area contributed by atoms with Gasteiger partial charge in [0.15, 0.2) is 0 Å². The molecule has 156 valence electrons. The van der Waals surface area contributed by atoms with Crippen molar-refractivity contribution in [1.82, 2.24) is 21.7 Å². The van der Waals surface area contributed by atoms with E-state index in [1.54, 1.807) is 60.7 Å². The predicted octanol–water partition coefficient (Wildman–Crippen LogP) is 1.72. The molecule has 0 aliphatic heterocycles. The SMILES string of the molecule is O=C(NNC(=O)C1CCC(C(=O)NNC(=O)c2ccccc2)CC1)c1ccccc1. The average Bonchev–Trinajstić information content (AvgIpc) is 2.81. The number of amides is 4. The summed E-state index contributed by atoms with van der Waals surface area (Å²) in [6, 6.07) is 17.2. The lowest BCUT2D eigenvalue weighted by Crippen LogP contribution is -2.47. The molecule has 0 bridgehead atoms. The van der Waals surface area contributed by atoms with E-state index in [2.05, 4.69) is 21.7 Å². The second kappa shape index (κ2) is 10.2. The first-order valence-electron chi connectivity index (χ1n) is 9.85. The molecule has 0 unspecified atom stereocenters. The van der Waals surface area contributed by atoms with Gasteiger partial charge in [0.2, 0.25) is 11.8 Å². The van der Waals surface area contributed by atoms with Gasteiger partial charge in [0, 0.05) is 23.0 Å². The summed E-state index contributed by atoms with van der Waals surface area (Å²) in [6.07, 6.45) is 2.10. The second-order valence-corrected chi connectivity index (χ2v) is 7.17. The lowest BCUT2D eigenvalue weighted by Gasteiger charge is -2.27. The average molecular weight is 408 g/mol. The lowest BCUT2D eigenvalue weighted by atomic mass is 9.81. The minimum atomic E-state index is -0.383. The van der Waals surface area contributed by atoms with Crippen molar-refractivity contribution < 1.29 is 19.2 Å². The van der Waals surface area contributed by atoms with Crippen molar-refractivity contribution in [3.63, 3.8) is 0 Å². The number of nitrogens with one attached hydrogen (secondary N) is 4. The van der Waals surface area contributed by atoms with Gasteiger partial charge in [-0.1, -0.05) is 36.4 Å². The van der Waals surface area contributed by atoms with Gasteiger partial charge in [-0.25, -0.2) is 0 Å². The lowest BCUT2D eigenvalue weighted by molar-refractivity contribution is -0.131. The third-order valence-corrected chi connectivity index (χ3v) is 5.14. The van der Waals surface area contributed by atoms with Crippen LogP contribution in [-0.2, 0) is 9.59 Å². The molecule has 4 amide bonds. The molecule has 2 aromatic rings. The van der Waals surface area contributed by atoms with Crippen molar-refractivity contribution in [1.29, 1.82) is 0 Å². The quantitative estimate of drug-likeness (QED) is 0.576. The number of hydrogen-bond donors (Lipinski definition) is 4. The van der Waals surface area contributed by atoms with Crippen LogP contribution in [0.25, 0.3) is 0 Å². The highest BCUT2D eigenvalue weighted by Crippen LogP contribution is 2.28. The first-order chi connectivity index (χ1) is 14.5. The van der Waals surface area contributed by atoms with Crippen LogP contribution in [0.1, 0.15) is 46.4 Å². The van der Waals surface area contributed by atoms with Gasteiger partial charge in [0.05, 0.1) is 0 Å². The zero-order chi connectivity index (χ0) is 21.3. The molecule has 0 aromatic heterocycles. The van der Waals surface area contributed by atoms with Gasteiger partial charge in [-0.05, 0) is 49.9 Å². The summed E-state index contributed by atoms with van der Waals surface area (Å²) in [7, 11) is 0. The molecule has 4 N–H and O–H groups in total. The van der Waals surface area contributed by atoms with E-state index in [0.717, 1.165) is 0 Å². The molecule has 0 atom stereocenters. The molecular formula is C22H24N4O4. The van der Waals surface area contributed by atoms with Crippen LogP contribution in [0.5, 0.6) is 0 Å². The minimum Gasteiger partial charge on any atom is -0.273 e. The monoisotopic (exact) mass is 408 g/mol. The van der Waals surface area contributed by atoms with Gasteiger partial charge in [-0.3, -0.25) is 40.9 Å². The van der Waals surface area contributed by atoms with E-state index in [4.69, 9.17) is 0 Å². The van der Waals surface area contributed by atoms with E-state index in [1.807, 2.05) is 0 Å². The Bertz CT molecular complexity index is 818. The molecule has 3 rings (SSSR count). The molecule has 0 radical (unpaired) electrons. The Morgan fingerprint density at radius 1 is 0.533 bits per heavy atom. The van der Waals surface area contributed by atoms with Gasteiger partial charge in [0.25, 0.3) is 11.8 Å². The van der Waals surface area contributed by atoms with Crippen molar-refractivity contribution in [2.45, 2.75) is 25.7 Å². The summed E-state index contributed by atoms with van der Waals surface area (Å²) >= 11 is 0. The van der Waals surface area contributed by atoms with Crippen molar-refractivity contribution in [2.75, 3.05) is 0 Å². The number of hydrogen-bond acceptors (Lipinski definition) is 4. The largest absolute Gasteiger partial charge is 0.273 e. The highest BCUT2D eigenvalue weighted by molar-refractivity contribution is 5.96. The topological polar surface area (TPSA) is 116 Å². The predicted molar refractivity (Wildman–Crippen MR) is 110 cm³/mol. The third kappa shape index (κ3) is 5.66. The highest BCUT2D eigenvalue weighted by atomic mass is 16.2. The Hall–Kier alpha value is -3.68. The molecule has 8 heteroatoms. The van der Waals surface area contributed by atoms with Crippen molar-refractivity contribution in [3.8, 4) is 0 Å². The zero-order valence-electron chi connectivity index (χ0n) is 16.4. The molecule has 1 aliphatic carbocycles. The van der Waals surface area contributed by atoms with Crippen molar-refractivity contribution in [3.05, 3.63) is 71.8 Å². The van der Waals surface area contributed by atoms with Crippen molar-refractivity contribution in [2.24, 2.45) is 11.8 Å². The van der Waals surface area contributed by atoms with Crippen LogP contribution in [0.3, 0.4) is 0 Å². The number of hydrazine groups is 2. The van der Waals surface area contributed by atoms with Gasteiger partial charge < -0.3 is 0 Å². The van der Waals surface area contributed by atoms with Gasteiger partial charge in [-0.15, -0.1) is 0 Å². The minimum absolute atomic E-state index is 0.268. The molecule has 1 fully saturated rings. The third-order valence-electron chi connectivity index (χ3n) is 5.14. The smallest absolute Gasteiger partial charge is 0.269 e. The summed E-state index contributed by atoms with van der Waals surface area (Å²) in [4.78, 5) is 48.6. The highest BCUT2D eigenvalue weighted by Gasteiger charge is 2.30. The molecular weight excluding hydrogens is 384 g/mol. The maximum Gasteiger partial charge on any atom is 0.269 e. The summed E-state index contributed by atoms with van der Waals surface area (Å²) in [5.41, 5.74) is 10.6. The van der Waals surface area contributed by atoms with Gasteiger partial charge >= 0.3 is 0 Å². The fourth-order valence-electron chi connectivity index (χ4n) is 3.38. The first-order valence-corrected chi connectivity index (χ1v) is 9.85. The van der Waals surface area contributed by atoms with Crippen LogP contribution >= 0.6 is 0 Å². The van der Waals surface area contributed by atoms with E-state index in [-0.39, 0.29) is 35.5 Å². The number of benzene rings is 2. The molecule has 0 saturated heterocycles. The molecule has 2 aromatic carbocycles. The van der Waals surface area contributed by atoms with Crippen LogP contribution < -0.4 is 21.7 Å². The molecule has 0 spiro atoms. The van der Waals surface area contributed by atoms with E-state index in [0.29, 0.717) is 36.8 Å². The van der Waals surface area contributed by atoms with E-state index < -0.39 is 0 Å². The van der Waals surface area contributed by atoms with Gasteiger partial charge in [0.1, 0.15) is 0 Å². The Morgan fingerprint density at radius 3 is 1.20 bits per heavy atom. The number of carbonyl (C=O) groups excluding carboxylic acids is 4. The molecule has 0 heterocycles. The Balaban J connectivity index is 1.38. The van der Waals surface area contributed by atoms with E-state index in [1.165, 1.54) is 0 Å². The van der Waals surface area contributed by atoms with Crippen LogP contribution in [0.4, 0.5) is 0 Å². The van der Waals surface area contributed by atoms with Crippen LogP contribution in [0.2, 0.25) is 0 Å².